The van der Waals surface area contributed by atoms with Crippen LogP contribution in [-0.2, 0) is 16.0 Å². The second-order valence-electron chi connectivity index (χ2n) is 5.74. The summed E-state index contributed by atoms with van der Waals surface area (Å²) in [6, 6.07) is 5.68. The number of hydrogen-bond donors (Lipinski definition) is 0. The van der Waals surface area contributed by atoms with Gasteiger partial charge in [0, 0.05) is 32.6 Å². The highest BCUT2D eigenvalue weighted by Gasteiger charge is 2.23. The minimum atomic E-state index is -0.167. The van der Waals surface area contributed by atoms with Crippen molar-refractivity contribution >= 4 is 11.8 Å². The third-order valence-corrected chi connectivity index (χ3v) is 4.23. The first kappa shape index (κ1) is 18.7. The second kappa shape index (κ2) is 8.97. The van der Waals surface area contributed by atoms with Gasteiger partial charge in [-0.15, -0.1) is 0 Å². The van der Waals surface area contributed by atoms with Gasteiger partial charge in [-0.05, 0) is 37.0 Å². The first-order chi connectivity index (χ1) is 12.1. The van der Waals surface area contributed by atoms with Crippen LogP contribution in [0.2, 0.25) is 0 Å². The number of carbonyl (C=O) groups is 2. The fraction of sp³-hybridized carbons (Fsp3) is 0.474. The van der Waals surface area contributed by atoms with Gasteiger partial charge >= 0.3 is 0 Å². The van der Waals surface area contributed by atoms with Crippen LogP contribution in [0.5, 0.6) is 11.5 Å². The maximum Gasteiger partial charge on any atom is 0.298 e. The van der Waals surface area contributed by atoms with E-state index in [0.29, 0.717) is 50.5 Å². The molecule has 0 aromatic heterocycles. The molecule has 134 valence electrons. The highest BCUT2D eigenvalue weighted by Crippen LogP contribution is 2.28. The number of rotatable bonds is 5. The Balaban J connectivity index is 1.85. The average molecular weight is 344 g/mol. The van der Waals surface area contributed by atoms with E-state index in [1.165, 1.54) is 0 Å². The van der Waals surface area contributed by atoms with Crippen LogP contribution in [-0.4, -0.2) is 62.0 Å². The van der Waals surface area contributed by atoms with E-state index in [1.54, 1.807) is 26.0 Å². The Morgan fingerprint density at radius 2 is 1.68 bits per heavy atom. The predicted molar refractivity (Wildman–Crippen MR) is 94.5 cm³/mol. The maximum atomic E-state index is 12.4. The topological polar surface area (TPSA) is 59.1 Å². The van der Waals surface area contributed by atoms with E-state index in [0.717, 1.165) is 5.56 Å². The smallest absolute Gasteiger partial charge is 0.298 e. The number of methoxy groups -OCH3 is 2. The fourth-order valence-corrected chi connectivity index (χ4v) is 2.79. The van der Waals surface area contributed by atoms with Crippen molar-refractivity contribution in [3.63, 3.8) is 0 Å². The maximum absolute atomic E-state index is 12.4. The molecule has 6 heteroatoms. The Bertz CT molecular complexity index is 682. The molecule has 1 aliphatic heterocycles. The highest BCUT2D eigenvalue weighted by atomic mass is 16.5. The van der Waals surface area contributed by atoms with E-state index in [4.69, 9.17) is 9.47 Å². The molecule has 0 unspecified atom stereocenters. The molecule has 1 aromatic carbocycles. The van der Waals surface area contributed by atoms with Crippen LogP contribution in [0.4, 0.5) is 0 Å². The number of nitrogens with zero attached hydrogens (tertiary/aromatic N) is 2. The minimum absolute atomic E-state index is 0.100. The molecular formula is C19H24N2O4. The lowest BCUT2D eigenvalue weighted by atomic mass is 10.1. The van der Waals surface area contributed by atoms with Crippen molar-refractivity contribution in [2.75, 3.05) is 40.4 Å². The van der Waals surface area contributed by atoms with Gasteiger partial charge in [-0.25, -0.2) is 0 Å². The van der Waals surface area contributed by atoms with Crippen molar-refractivity contribution in [2.45, 2.75) is 19.8 Å². The van der Waals surface area contributed by atoms with Gasteiger partial charge in [0.05, 0.1) is 14.2 Å². The van der Waals surface area contributed by atoms with Gasteiger partial charge in [0.25, 0.3) is 5.91 Å². The summed E-state index contributed by atoms with van der Waals surface area (Å²) in [5.74, 6) is 6.42. The lowest BCUT2D eigenvalue weighted by molar-refractivity contribution is -0.136. The summed E-state index contributed by atoms with van der Waals surface area (Å²) >= 11 is 0. The quantitative estimate of drug-likeness (QED) is 0.756. The molecule has 1 saturated heterocycles. The Morgan fingerprint density at radius 3 is 2.28 bits per heavy atom. The number of aryl methyl sites for hydroxylation is 1. The fourth-order valence-electron chi connectivity index (χ4n) is 2.79. The average Bonchev–Trinajstić information content (AvgIpc) is 2.66. The first-order valence-corrected chi connectivity index (χ1v) is 8.29. The molecule has 0 atom stereocenters. The van der Waals surface area contributed by atoms with Crippen LogP contribution < -0.4 is 9.47 Å². The third kappa shape index (κ3) is 4.90. The summed E-state index contributed by atoms with van der Waals surface area (Å²) in [5, 5.41) is 0. The number of piperazine rings is 1. The molecule has 1 aromatic rings. The second-order valence-corrected chi connectivity index (χ2v) is 5.74. The highest BCUT2D eigenvalue weighted by molar-refractivity contribution is 5.93. The lowest BCUT2D eigenvalue weighted by Crippen LogP contribution is -2.50. The van der Waals surface area contributed by atoms with Crippen molar-refractivity contribution < 1.29 is 19.1 Å². The number of ether oxygens (including phenoxy) is 2. The number of hydrogen-bond acceptors (Lipinski definition) is 4. The molecule has 1 fully saturated rings. The van der Waals surface area contributed by atoms with Crippen molar-refractivity contribution in [3.05, 3.63) is 23.8 Å². The van der Waals surface area contributed by atoms with E-state index < -0.39 is 0 Å². The van der Waals surface area contributed by atoms with Crippen LogP contribution in [0.15, 0.2) is 18.2 Å². The van der Waals surface area contributed by atoms with Crippen molar-refractivity contribution in [2.24, 2.45) is 0 Å². The van der Waals surface area contributed by atoms with Crippen molar-refractivity contribution in [1.29, 1.82) is 0 Å². The molecule has 0 aliphatic carbocycles. The van der Waals surface area contributed by atoms with E-state index in [2.05, 4.69) is 11.8 Å². The summed E-state index contributed by atoms with van der Waals surface area (Å²) in [7, 11) is 3.19. The largest absolute Gasteiger partial charge is 0.493 e. The monoisotopic (exact) mass is 344 g/mol. The molecule has 1 heterocycles. The summed E-state index contributed by atoms with van der Waals surface area (Å²) < 4.78 is 10.5. The summed E-state index contributed by atoms with van der Waals surface area (Å²) in [5.41, 5.74) is 1.03. The zero-order valence-electron chi connectivity index (χ0n) is 15.0. The summed E-state index contributed by atoms with van der Waals surface area (Å²) in [6.45, 7) is 3.83. The summed E-state index contributed by atoms with van der Waals surface area (Å²) in [4.78, 5) is 27.6. The zero-order chi connectivity index (χ0) is 18.2. The van der Waals surface area contributed by atoms with Gasteiger partial charge < -0.3 is 19.3 Å². The van der Waals surface area contributed by atoms with Crippen LogP contribution in [0, 0.1) is 11.8 Å². The van der Waals surface area contributed by atoms with E-state index in [1.807, 2.05) is 23.1 Å². The summed E-state index contributed by atoms with van der Waals surface area (Å²) in [6.07, 6.45) is 1.07. The van der Waals surface area contributed by atoms with Crippen LogP contribution in [0.1, 0.15) is 18.9 Å². The Labute approximate surface area is 148 Å². The van der Waals surface area contributed by atoms with E-state index in [9.17, 15) is 9.59 Å². The molecule has 6 nitrogen and oxygen atoms in total. The molecule has 1 aliphatic rings. The molecule has 0 N–H and O–H groups in total. The van der Waals surface area contributed by atoms with Gasteiger partial charge in [-0.2, -0.15) is 0 Å². The van der Waals surface area contributed by atoms with Gasteiger partial charge in [0.1, 0.15) is 0 Å². The first-order valence-electron chi connectivity index (χ1n) is 8.29. The molecule has 0 radical (unpaired) electrons. The number of amides is 2. The van der Waals surface area contributed by atoms with Gasteiger partial charge in [-0.3, -0.25) is 9.59 Å². The lowest BCUT2D eigenvalue weighted by Gasteiger charge is -2.33. The normalized spacial score (nSPS) is 13.7. The molecule has 2 amide bonds. The van der Waals surface area contributed by atoms with E-state index in [-0.39, 0.29) is 11.8 Å². The van der Waals surface area contributed by atoms with Crippen LogP contribution in [0.3, 0.4) is 0 Å². The van der Waals surface area contributed by atoms with Gasteiger partial charge in [0.15, 0.2) is 11.5 Å². The third-order valence-electron chi connectivity index (χ3n) is 4.23. The SMILES string of the molecule is CC#CC(=O)N1CCN(C(=O)CCc2ccc(OC)c(OC)c2)CC1. The molecular weight excluding hydrogens is 320 g/mol. The molecule has 25 heavy (non-hydrogen) atoms. The molecule has 0 saturated carbocycles. The van der Waals surface area contributed by atoms with Crippen LogP contribution in [0.25, 0.3) is 0 Å². The number of benzene rings is 1. The van der Waals surface area contributed by atoms with Crippen molar-refractivity contribution in [3.8, 4) is 23.3 Å². The zero-order valence-corrected chi connectivity index (χ0v) is 15.0. The number of carbonyl (C=O) groups excluding carboxylic acids is 2. The predicted octanol–water partition coefficient (Wildman–Crippen LogP) is 1.33. The molecule has 0 bridgehead atoms. The van der Waals surface area contributed by atoms with E-state index >= 15 is 0 Å². The molecule has 0 spiro atoms. The Hall–Kier alpha value is -2.68. The Morgan fingerprint density at radius 1 is 1.04 bits per heavy atom. The minimum Gasteiger partial charge on any atom is -0.493 e. The standard InChI is InChI=1S/C19H24N2O4/c1-4-5-18(22)20-10-12-21(13-11-20)19(23)9-7-15-6-8-16(24-2)17(14-15)25-3/h6,8,14H,7,9-13H2,1-3H3. The molecule has 2 rings (SSSR count). The van der Waals surface area contributed by atoms with Gasteiger partial charge in [0.2, 0.25) is 5.91 Å². The Kier molecular flexibility index (Phi) is 6.70. The van der Waals surface area contributed by atoms with Gasteiger partial charge in [-0.1, -0.05) is 12.0 Å². The van der Waals surface area contributed by atoms with Crippen molar-refractivity contribution in [1.82, 2.24) is 9.80 Å². The van der Waals surface area contributed by atoms with Crippen LogP contribution >= 0.6 is 0 Å².